The first-order valence-electron chi connectivity index (χ1n) is 7.31. The average Bonchev–Trinajstić information content (AvgIpc) is 2.47. The zero-order valence-electron chi connectivity index (χ0n) is 12.8. The Labute approximate surface area is 126 Å². The second kappa shape index (κ2) is 7.70. The molecule has 0 atom stereocenters. The molecule has 0 amide bonds. The fraction of sp³-hybridized carbons (Fsp3) is 0.333. The van der Waals surface area contributed by atoms with Crippen molar-refractivity contribution in [1.29, 1.82) is 0 Å². The molecule has 0 aromatic heterocycles. The Morgan fingerprint density at radius 2 is 1.57 bits per heavy atom. The van der Waals surface area contributed by atoms with E-state index in [2.05, 4.69) is 32.0 Å². The van der Waals surface area contributed by atoms with E-state index in [1.807, 2.05) is 24.3 Å². The normalized spacial score (nSPS) is 10.4. The van der Waals surface area contributed by atoms with Gasteiger partial charge in [0.1, 0.15) is 24.7 Å². The summed E-state index contributed by atoms with van der Waals surface area (Å²) in [6.07, 6.45) is 0.871. The van der Waals surface area contributed by atoms with Crippen molar-refractivity contribution in [2.45, 2.75) is 20.3 Å². The lowest BCUT2D eigenvalue weighted by Gasteiger charge is -2.13. The van der Waals surface area contributed by atoms with Crippen LogP contribution < -0.4 is 15.2 Å². The Bertz CT molecular complexity index is 561. The summed E-state index contributed by atoms with van der Waals surface area (Å²) in [5.74, 6) is 1.82. The molecule has 0 aliphatic carbocycles. The van der Waals surface area contributed by atoms with Crippen molar-refractivity contribution in [2.75, 3.05) is 19.8 Å². The third kappa shape index (κ3) is 4.50. The fourth-order valence-electron chi connectivity index (χ4n) is 2.29. The number of rotatable bonds is 7. The minimum atomic E-state index is 0.528. The number of hydrogen-bond acceptors (Lipinski definition) is 3. The van der Waals surface area contributed by atoms with E-state index in [0.717, 1.165) is 29.0 Å². The molecule has 21 heavy (non-hydrogen) atoms. The largest absolute Gasteiger partial charge is 0.490 e. The van der Waals surface area contributed by atoms with Gasteiger partial charge in [-0.3, -0.25) is 0 Å². The van der Waals surface area contributed by atoms with E-state index < -0.39 is 0 Å². The summed E-state index contributed by atoms with van der Waals surface area (Å²) in [5, 5.41) is 0. The van der Waals surface area contributed by atoms with E-state index >= 15 is 0 Å². The summed E-state index contributed by atoms with van der Waals surface area (Å²) < 4.78 is 11.6. The molecule has 2 aromatic rings. The SMILES string of the molecule is Cc1cccc(C)c1OCCOc1cccc(CCN)c1. The molecule has 0 bridgehead atoms. The summed E-state index contributed by atoms with van der Waals surface area (Å²) in [6, 6.07) is 14.2. The quantitative estimate of drug-likeness (QED) is 0.794. The van der Waals surface area contributed by atoms with Crippen LogP contribution in [0.3, 0.4) is 0 Å². The van der Waals surface area contributed by atoms with Gasteiger partial charge in [-0.05, 0) is 55.6 Å². The van der Waals surface area contributed by atoms with Gasteiger partial charge in [-0.25, -0.2) is 0 Å². The van der Waals surface area contributed by atoms with Crippen LogP contribution in [0.5, 0.6) is 11.5 Å². The molecule has 2 rings (SSSR count). The topological polar surface area (TPSA) is 44.5 Å². The molecule has 2 N–H and O–H groups in total. The van der Waals surface area contributed by atoms with E-state index in [-0.39, 0.29) is 0 Å². The molecule has 3 heteroatoms. The highest BCUT2D eigenvalue weighted by Gasteiger charge is 2.03. The van der Waals surface area contributed by atoms with Crippen LogP contribution in [-0.4, -0.2) is 19.8 Å². The molecular formula is C18H23NO2. The lowest BCUT2D eigenvalue weighted by molar-refractivity contribution is 0.215. The van der Waals surface area contributed by atoms with Gasteiger partial charge < -0.3 is 15.2 Å². The molecular weight excluding hydrogens is 262 g/mol. The zero-order chi connectivity index (χ0) is 15.1. The van der Waals surface area contributed by atoms with Gasteiger partial charge in [-0.1, -0.05) is 30.3 Å². The zero-order valence-corrected chi connectivity index (χ0v) is 12.8. The molecule has 0 saturated heterocycles. The third-order valence-corrected chi connectivity index (χ3v) is 3.34. The maximum absolute atomic E-state index is 5.82. The number of nitrogens with two attached hydrogens (primary N) is 1. The standard InChI is InChI=1S/C18H23NO2/c1-14-5-3-6-15(2)18(14)21-12-11-20-17-8-4-7-16(13-17)9-10-19/h3-8,13H,9-12,19H2,1-2H3. The smallest absolute Gasteiger partial charge is 0.125 e. The Hall–Kier alpha value is -2.00. The highest BCUT2D eigenvalue weighted by Crippen LogP contribution is 2.22. The van der Waals surface area contributed by atoms with E-state index in [9.17, 15) is 0 Å². The van der Waals surface area contributed by atoms with Crippen molar-refractivity contribution in [2.24, 2.45) is 5.73 Å². The first-order valence-corrected chi connectivity index (χ1v) is 7.31. The van der Waals surface area contributed by atoms with Crippen LogP contribution in [0.1, 0.15) is 16.7 Å². The molecule has 0 spiro atoms. The summed E-state index contributed by atoms with van der Waals surface area (Å²) in [4.78, 5) is 0. The molecule has 3 nitrogen and oxygen atoms in total. The van der Waals surface area contributed by atoms with Crippen LogP contribution in [-0.2, 0) is 6.42 Å². The predicted octanol–water partition coefficient (Wildman–Crippen LogP) is 3.26. The minimum Gasteiger partial charge on any atom is -0.490 e. The molecule has 0 aliphatic rings. The molecule has 0 aliphatic heterocycles. The van der Waals surface area contributed by atoms with Crippen LogP contribution >= 0.6 is 0 Å². The van der Waals surface area contributed by atoms with Gasteiger partial charge in [-0.15, -0.1) is 0 Å². The van der Waals surface area contributed by atoms with Crippen LogP contribution in [0.4, 0.5) is 0 Å². The van der Waals surface area contributed by atoms with Crippen molar-refractivity contribution in [1.82, 2.24) is 0 Å². The Balaban J connectivity index is 1.83. The van der Waals surface area contributed by atoms with Crippen molar-refractivity contribution in [3.8, 4) is 11.5 Å². The second-order valence-electron chi connectivity index (χ2n) is 5.10. The molecule has 2 aromatic carbocycles. The van der Waals surface area contributed by atoms with Gasteiger partial charge >= 0.3 is 0 Å². The maximum Gasteiger partial charge on any atom is 0.125 e. The first-order chi connectivity index (χ1) is 10.2. The molecule has 0 saturated carbocycles. The predicted molar refractivity (Wildman–Crippen MR) is 86.1 cm³/mol. The highest BCUT2D eigenvalue weighted by molar-refractivity contribution is 5.39. The van der Waals surface area contributed by atoms with Gasteiger partial charge in [0.05, 0.1) is 0 Å². The molecule has 0 unspecified atom stereocenters. The third-order valence-electron chi connectivity index (χ3n) is 3.34. The van der Waals surface area contributed by atoms with Crippen molar-refractivity contribution in [3.63, 3.8) is 0 Å². The number of para-hydroxylation sites is 1. The van der Waals surface area contributed by atoms with E-state index in [4.69, 9.17) is 15.2 Å². The summed E-state index contributed by atoms with van der Waals surface area (Å²) >= 11 is 0. The Morgan fingerprint density at radius 1 is 0.905 bits per heavy atom. The van der Waals surface area contributed by atoms with Gasteiger partial charge in [0.25, 0.3) is 0 Å². The second-order valence-corrected chi connectivity index (χ2v) is 5.10. The van der Waals surface area contributed by atoms with Crippen molar-refractivity contribution in [3.05, 3.63) is 59.2 Å². The molecule has 0 fully saturated rings. The van der Waals surface area contributed by atoms with E-state index in [1.54, 1.807) is 0 Å². The van der Waals surface area contributed by atoms with Gasteiger partial charge in [0.15, 0.2) is 0 Å². The summed E-state index contributed by atoms with van der Waals surface area (Å²) in [7, 11) is 0. The van der Waals surface area contributed by atoms with Crippen LogP contribution in [0.2, 0.25) is 0 Å². The first kappa shape index (κ1) is 15.4. The van der Waals surface area contributed by atoms with Gasteiger partial charge in [0, 0.05) is 0 Å². The van der Waals surface area contributed by atoms with Crippen molar-refractivity contribution >= 4 is 0 Å². The van der Waals surface area contributed by atoms with Crippen LogP contribution in [0, 0.1) is 13.8 Å². The molecule has 112 valence electrons. The summed E-state index contributed by atoms with van der Waals surface area (Å²) in [5.41, 5.74) is 9.07. The Morgan fingerprint density at radius 3 is 2.29 bits per heavy atom. The van der Waals surface area contributed by atoms with Crippen LogP contribution in [0.25, 0.3) is 0 Å². The van der Waals surface area contributed by atoms with E-state index in [0.29, 0.717) is 19.8 Å². The number of aryl methyl sites for hydroxylation is 2. The number of hydrogen-bond donors (Lipinski definition) is 1. The Kier molecular flexibility index (Phi) is 5.64. The lowest BCUT2D eigenvalue weighted by atomic mass is 10.1. The van der Waals surface area contributed by atoms with E-state index in [1.165, 1.54) is 5.56 Å². The van der Waals surface area contributed by atoms with Gasteiger partial charge in [-0.2, -0.15) is 0 Å². The maximum atomic E-state index is 5.82. The lowest BCUT2D eigenvalue weighted by Crippen LogP contribution is -2.10. The summed E-state index contributed by atoms with van der Waals surface area (Å²) in [6.45, 7) is 5.82. The highest BCUT2D eigenvalue weighted by atomic mass is 16.5. The molecule has 0 radical (unpaired) electrons. The average molecular weight is 285 g/mol. The fourth-order valence-corrected chi connectivity index (χ4v) is 2.29. The monoisotopic (exact) mass is 285 g/mol. The number of benzene rings is 2. The van der Waals surface area contributed by atoms with Gasteiger partial charge in [0.2, 0.25) is 0 Å². The van der Waals surface area contributed by atoms with Crippen LogP contribution in [0.15, 0.2) is 42.5 Å². The molecule has 0 heterocycles. The van der Waals surface area contributed by atoms with Crippen molar-refractivity contribution < 1.29 is 9.47 Å². The number of ether oxygens (including phenoxy) is 2. The minimum absolute atomic E-state index is 0.528.